The summed E-state index contributed by atoms with van der Waals surface area (Å²) < 4.78 is 12.9. The number of nitrogens with two attached hydrogens (primary N) is 1. The van der Waals surface area contributed by atoms with Crippen LogP contribution in [-0.4, -0.2) is 29.0 Å². The van der Waals surface area contributed by atoms with Crippen molar-refractivity contribution in [2.75, 3.05) is 13.1 Å². The molecule has 3 nitrogen and oxygen atoms in total. The van der Waals surface area contributed by atoms with Crippen LogP contribution in [0.4, 0.5) is 4.39 Å². The van der Waals surface area contributed by atoms with E-state index in [1.807, 2.05) is 0 Å². The summed E-state index contributed by atoms with van der Waals surface area (Å²) in [6, 6.07) is 3.61. The van der Waals surface area contributed by atoms with E-state index >= 15 is 0 Å². The van der Waals surface area contributed by atoms with Crippen LogP contribution in [-0.2, 0) is 0 Å². The Morgan fingerprint density at radius 2 is 2.15 bits per heavy atom. The van der Waals surface area contributed by atoms with E-state index in [2.05, 4.69) is 30.7 Å². The minimum atomic E-state index is -0.312. The highest BCUT2D eigenvalue weighted by Crippen LogP contribution is 2.27. The molecule has 4 heteroatoms. The van der Waals surface area contributed by atoms with Crippen LogP contribution in [0.1, 0.15) is 45.3 Å². The fraction of sp³-hybridized carbons (Fsp3) is 0.688. The van der Waals surface area contributed by atoms with Crippen molar-refractivity contribution in [3.05, 3.63) is 29.8 Å². The number of nitrogens with zero attached hydrogens (tertiary/aromatic N) is 2. The molecule has 0 aromatic carbocycles. The van der Waals surface area contributed by atoms with Gasteiger partial charge in [-0.15, -0.1) is 0 Å². The smallest absolute Gasteiger partial charge is 0.141 e. The predicted octanol–water partition coefficient (Wildman–Crippen LogP) is 2.98. The molecule has 4 unspecified atom stereocenters. The summed E-state index contributed by atoms with van der Waals surface area (Å²) in [7, 11) is 0. The summed E-state index contributed by atoms with van der Waals surface area (Å²) in [5.74, 6) is 1.17. The lowest BCUT2D eigenvalue weighted by Gasteiger charge is -2.41. The Morgan fingerprint density at radius 1 is 1.40 bits per heavy atom. The van der Waals surface area contributed by atoms with Crippen LogP contribution < -0.4 is 5.73 Å². The summed E-state index contributed by atoms with van der Waals surface area (Å²) in [6.45, 7) is 9.08. The first-order valence-corrected chi connectivity index (χ1v) is 7.58. The van der Waals surface area contributed by atoms with Gasteiger partial charge in [-0.2, -0.15) is 0 Å². The summed E-state index contributed by atoms with van der Waals surface area (Å²) in [5, 5.41) is 0. The third-order valence-electron chi connectivity index (χ3n) is 4.58. The Hall–Kier alpha value is -1.00. The Morgan fingerprint density at radius 3 is 2.80 bits per heavy atom. The monoisotopic (exact) mass is 279 g/mol. The standard InChI is InChI=1S/C16H26FN3/c1-11-8-12(2)13(3)20(10-11)7-6-15(18)16-5-4-14(17)9-19-16/h4-5,9,11-13,15H,6-8,10,18H2,1-3H3. The zero-order valence-electron chi connectivity index (χ0n) is 12.7. The maximum absolute atomic E-state index is 12.9. The minimum Gasteiger partial charge on any atom is -0.323 e. The van der Waals surface area contributed by atoms with E-state index in [4.69, 9.17) is 5.73 Å². The molecule has 1 aliphatic heterocycles. The molecule has 1 aromatic heterocycles. The van der Waals surface area contributed by atoms with Crippen molar-refractivity contribution in [3.8, 4) is 0 Å². The molecule has 0 bridgehead atoms. The van der Waals surface area contributed by atoms with E-state index < -0.39 is 0 Å². The molecule has 0 amide bonds. The van der Waals surface area contributed by atoms with Crippen LogP contribution >= 0.6 is 0 Å². The van der Waals surface area contributed by atoms with Gasteiger partial charge >= 0.3 is 0 Å². The number of rotatable bonds is 4. The van der Waals surface area contributed by atoms with Crippen molar-refractivity contribution in [3.63, 3.8) is 0 Å². The SMILES string of the molecule is CC1CC(C)C(C)N(CCC(N)c2ccc(F)cn2)C1. The van der Waals surface area contributed by atoms with Gasteiger partial charge < -0.3 is 10.6 Å². The Labute approximate surface area is 121 Å². The summed E-state index contributed by atoms with van der Waals surface area (Å²) in [5.41, 5.74) is 6.94. The maximum Gasteiger partial charge on any atom is 0.141 e. The minimum absolute atomic E-state index is 0.115. The molecule has 1 aromatic rings. The lowest BCUT2D eigenvalue weighted by molar-refractivity contribution is 0.0768. The molecule has 2 rings (SSSR count). The molecule has 20 heavy (non-hydrogen) atoms. The molecule has 1 fully saturated rings. The molecule has 1 saturated heterocycles. The van der Waals surface area contributed by atoms with Gasteiger partial charge in [0.25, 0.3) is 0 Å². The third kappa shape index (κ3) is 3.76. The van der Waals surface area contributed by atoms with Crippen LogP contribution in [0.25, 0.3) is 0 Å². The molecule has 0 aliphatic carbocycles. The van der Waals surface area contributed by atoms with Gasteiger partial charge in [0.05, 0.1) is 11.9 Å². The first kappa shape index (κ1) is 15.4. The van der Waals surface area contributed by atoms with Crippen LogP contribution in [0.2, 0.25) is 0 Å². The Bertz CT molecular complexity index is 420. The highest BCUT2D eigenvalue weighted by molar-refractivity contribution is 5.09. The third-order valence-corrected chi connectivity index (χ3v) is 4.58. The largest absolute Gasteiger partial charge is 0.323 e. The van der Waals surface area contributed by atoms with E-state index in [0.29, 0.717) is 6.04 Å². The average molecular weight is 279 g/mol. The highest BCUT2D eigenvalue weighted by Gasteiger charge is 2.28. The fourth-order valence-corrected chi connectivity index (χ4v) is 3.19. The predicted molar refractivity (Wildman–Crippen MR) is 79.7 cm³/mol. The lowest BCUT2D eigenvalue weighted by atomic mass is 9.86. The number of hydrogen-bond acceptors (Lipinski definition) is 3. The van der Waals surface area contributed by atoms with Gasteiger partial charge in [0.1, 0.15) is 5.82 Å². The Kier molecular flexibility index (Phi) is 5.11. The second kappa shape index (κ2) is 6.64. The number of halogens is 1. The number of piperidine rings is 1. The molecule has 0 radical (unpaired) electrons. The molecule has 2 heterocycles. The molecule has 112 valence electrons. The van der Waals surface area contributed by atoms with Crippen LogP contribution in [0.5, 0.6) is 0 Å². The number of hydrogen-bond donors (Lipinski definition) is 1. The van der Waals surface area contributed by atoms with Crippen LogP contribution in [0.3, 0.4) is 0 Å². The van der Waals surface area contributed by atoms with Crippen molar-refractivity contribution in [1.82, 2.24) is 9.88 Å². The van der Waals surface area contributed by atoms with Gasteiger partial charge in [0, 0.05) is 25.2 Å². The van der Waals surface area contributed by atoms with Gasteiger partial charge in [-0.3, -0.25) is 4.98 Å². The topological polar surface area (TPSA) is 42.1 Å². The van der Waals surface area contributed by atoms with E-state index in [1.54, 1.807) is 6.07 Å². The quantitative estimate of drug-likeness (QED) is 0.921. The van der Waals surface area contributed by atoms with E-state index in [9.17, 15) is 4.39 Å². The van der Waals surface area contributed by atoms with Gasteiger partial charge in [-0.1, -0.05) is 13.8 Å². The van der Waals surface area contributed by atoms with Crippen molar-refractivity contribution in [2.45, 2.75) is 45.7 Å². The van der Waals surface area contributed by atoms with Crippen molar-refractivity contribution in [2.24, 2.45) is 17.6 Å². The summed E-state index contributed by atoms with van der Waals surface area (Å²) >= 11 is 0. The van der Waals surface area contributed by atoms with Crippen molar-refractivity contribution < 1.29 is 4.39 Å². The molecule has 0 saturated carbocycles. The second-order valence-electron chi connectivity index (χ2n) is 6.35. The highest BCUT2D eigenvalue weighted by atomic mass is 19.1. The van der Waals surface area contributed by atoms with Gasteiger partial charge in [0.2, 0.25) is 0 Å². The molecular weight excluding hydrogens is 253 g/mol. The molecule has 4 atom stereocenters. The Balaban J connectivity index is 1.89. The number of pyridine rings is 1. The first-order chi connectivity index (χ1) is 9.47. The molecule has 0 spiro atoms. The zero-order chi connectivity index (χ0) is 14.7. The van der Waals surface area contributed by atoms with Crippen molar-refractivity contribution >= 4 is 0 Å². The molecule has 2 N–H and O–H groups in total. The van der Waals surface area contributed by atoms with E-state index in [1.165, 1.54) is 18.7 Å². The summed E-state index contributed by atoms with van der Waals surface area (Å²) in [6.07, 6.45) is 3.41. The summed E-state index contributed by atoms with van der Waals surface area (Å²) in [4.78, 5) is 6.60. The maximum atomic E-state index is 12.9. The first-order valence-electron chi connectivity index (χ1n) is 7.58. The van der Waals surface area contributed by atoms with Gasteiger partial charge in [-0.25, -0.2) is 4.39 Å². The average Bonchev–Trinajstić information content (AvgIpc) is 2.41. The molecular formula is C16H26FN3. The molecule has 1 aliphatic rings. The van der Waals surface area contributed by atoms with Gasteiger partial charge in [-0.05, 0) is 43.7 Å². The fourth-order valence-electron chi connectivity index (χ4n) is 3.19. The van der Waals surface area contributed by atoms with Crippen molar-refractivity contribution in [1.29, 1.82) is 0 Å². The zero-order valence-corrected chi connectivity index (χ0v) is 12.7. The van der Waals surface area contributed by atoms with Crippen LogP contribution in [0, 0.1) is 17.7 Å². The number of likely N-dealkylation sites (tertiary alicyclic amines) is 1. The van der Waals surface area contributed by atoms with Crippen LogP contribution in [0.15, 0.2) is 18.3 Å². The number of aromatic nitrogens is 1. The van der Waals surface area contributed by atoms with Gasteiger partial charge in [0.15, 0.2) is 0 Å². The lowest BCUT2D eigenvalue weighted by Crippen LogP contribution is -2.46. The van der Waals surface area contributed by atoms with E-state index in [-0.39, 0.29) is 11.9 Å². The second-order valence-corrected chi connectivity index (χ2v) is 6.35. The normalized spacial score (nSPS) is 29.4. The van der Waals surface area contributed by atoms with E-state index in [0.717, 1.165) is 37.0 Å².